The average molecular weight is 285 g/mol. The van der Waals surface area contributed by atoms with E-state index in [4.69, 9.17) is 0 Å². The number of amides is 1. The fourth-order valence-corrected chi connectivity index (χ4v) is 2.63. The summed E-state index contributed by atoms with van der Waals surface area (Å²) in [5.41, 5.74) is 0.441. The fraction of sp³-hybridized carbons (Fsp3) is 0.267. The summed E-state index contributed by atoms with van der Waals surface area (Å²) in [4.78, 5) is 25.2. The molecular formula is C15H15N3O3. The van der Waals surface area contributed by atoms with Gasteiger partial charge in [-0.15, -0.1) is 0 Å². The van der Waals surface area contributed by atoms with Crippen molar-refractivity contribution < 1.29 is 9.90 Å². The SMILES string of the molecule is CN1CC(Cc2ccccc2)n2ncc(=O)c(O)c2C1=O. The van der Waals surface area contributed by atoms with E-state index in [0.29, 0.717) is 13.0 Å². The molecule has 0 bridgehead atoms. The van der Waals surface area contributed by atoms with E-state index in [1.165, 1.54) is 9.58 Å². The molecule has 0 saturated carbocycles. The highest BCUT2D eigenvalue weighted by molar-refractivity contribution is 5.95. The molecule has 0 spiro atoms. The molecular weight excluding hydrogens is 270 g/mol. The number of carbonyl (C=O) groups excluding carboxylic acids is 1. The van der Waals surface area contributed by atoms with Crippen LogP contribution in [-0.4, -0.2) is 39.3 Å². The van der Waals surface area contributed by atoms with Gasteiger partial charge >= 0.3 is 0 Å². The summed E-state index contributed by atoms with van der Waals surface area (Å²) in [6.07, 6.45) is 1.72. The lowest BCUT2D eigenvalue weighted by molar-refractivity contribution is 0.0695. The molecule has 1 aromatic carbocycles. The van der Waals surface area contributed by atoms with Crippen LogP contribution in [0.2, 0.25) is 0 Å². The third-order valence-electron chi connectivity index (χ3n) is 3.68. The zero-order valence-electron chi connectivity index (χ0n) is 11.6. The smallest absolute Gasteiger partial charge is 0.275 e. The largest absolute Gasteiger partial charge is 0.502 e. The van der Waals surface area contributed by atoms with Gasteiger partial charge in [0.15, 0.2) is 11.4 Å². The fourth-order valence-electron chi connectivity index (χ4n) is 2.63. The first kappa shape index (κ1) is 13.4. The summed E-state index contributed by atoms with van der Waals surface area (Å²) >= 11 is 0. The quantitative estimate of drug-likeness (QED) is 0.886. The van der Waals surface area contributed by atoms with Gasteiger partial charge in [-0.05, 0) is 12.0 Å². The van der Waals surface area contributed by atoms with Crippen LogP contribution >= 0.6 is 0 Å². The number of nitrogens with zero attached hydrogens (tertiary/aromatic N) is 3. The van der Waals surface area contributed by atoms with E-state index in [0.717, 1.165) is 11.8 Å². The lowest BCUT2D eigenvalue weighted by atomic mass is 10.0. The minimum atomic E-state index is -0.636. The van der Waals surface area contributed by atoms with Gasteiger partial charge in [-0.3, -0.25) is 14.3 Å². The van der Waals surface area contributed by atoms with E-state index in [1.807, 2.05) is 30.3 Å². The van der Waals surface area contributed by atoms with Crippen molar-refractivity contribution in [2.24, 2.45) is 0 Å². The Balaban J connectivity index is 2.05. The molecule has 1 aliphatic rings. The molecule has 3 rings (SSSR count). The molecule has 21 heavy (non-hydrogen) atoms. The highest BCUT2D eigenvalue weighted by Crippen LogP contribution is 2.25. The normalized spacial score (nSPS) is 17.7. The first-order chi connectivity index (χ1) is 10.1. The van der Waals surface area contributed by atoms with Gasteiger partial charge in [0.05, 0.1) is 12.2 Å². The highest BCUT2D eigenvalue weighted by Gasteiger charge is 2.32. The lowest BCUT2D eigenvalue weighted by Gasteiger charge is -2.32. The molecule has 0 fully saturated rings. The molecule has 0 saturated heterocycles. The maximum atomic E-state index is 12.2. The number of benzene rings is 1. The molecule has 2 heterocycles. The third-order valence-corrected chi connectivity index (χ3v) is 3.68. The number of aromatic nitrogens is 2. The Morgan fingerprint density at radius 1 is 1.29 bits per heavy atom. The van der Waals surface area contributed by atoms with Crippen LogP contribution in [0, 0.1) is 0 Å². The van der Waals surface area contributed by atoms with Gasteiger partial charge in [0.1, 0.15) is 0 Å². The summed E-state index contributed by atoms with van der Waals surface area (Å²) in [7, 11) is 1.65. The van der Waals surface area contributed by atoms with Crippen molar-refractivity contribution in [3.05, 3.63) is 58.0 Å². The Morgan fingerprint density at radius 2 is 2.00 bits per heavy atom. The molecule has 0 radical (unpaired) electrons. The highest BCUT2D eigenvalue weighted by atomic mass is 16.3. The molecule has 108 valence electrons. The predicted molar refractivity (Wildman–Crippen MR) is 76.3 cm³/mol. The Hall–Kier alpha value is -2.63. The van der Waals surface area contributed by atoms with Crippen LogP contribution in [0.15, 0.2) is 41.3 Å². The van der Waals surface area contributed by atoms with E-state index in [-0.39, 0.29) is 17.6 Å². The van der Waals surface area contributed by atoms with Crippen molar-refractivity contribution in [2.45, 2.75) is 12.5 Å². The number of carbonyl (C=O) groups is 1. The number of aromatic hydroxyl groups is 1. The predicted octanol–water partition coefficient (Wildman–Crippen LogP) is 0.818. The van der Waals surface area contributed by atoms with Gasteiger partial charge in [-0.25, -0.2) is 0 Å². The third kappa shape index (κ3) is 2.29. The zero-order chi connectivity index (χ0) is 15.0. The van der Waals surface area contributed by atoms with Crippen LogP contribution in [0.25, 0.3) is 0 Å². The minimum absolute atomic E-state index is 0.0304. The Kier molecular flexibility index (Phi) is 3.21. The summed E-state index contributed by atoms with van der Waals surface area (Å²) in [5.74, 6) is -0.915. The molecule has 1 atom stereocenters. The van der Waals surface area contributed by atoms with Crippen molar-refractivity contribution >= 4 is 5.91 Å². The van der Waals surface area contributed by atoms with Gasteiger partial charge in [0.2, 0.25) is 5.43 Å². The maximum Gasteiger partial charge on any atom is 0.275 e. The van der Waals surface area contributed by atoms with E-state index in [2.05, 4.69) is 5.10 Å². The molecule has 1 aliphatic heterocycles. The number of likely N-dealkylation sites (N-methyl/N-ethyl adjacent to an activating group) is 1. The van der Waals surface area contributed by atoms with Crippen LogP contribution in [0.5, 0.6) is 5.75 Å². The summed E-state index contributed by atoms with van der Waals surface area (Å²) in [5, 5.41) is 13.9. The summed E-state index contributed by atoms with van der Waals surface area (Å²) in [6, 6.07) is 9.72. The van der Waals surface area contributed by atoms with Gasteiger partial charge in [0.25, 0.3) is 5.91 Å². The number of fused-ring (bicyclic) bond motifs is 1. The van der Waals surface area contributed by atoms with Crippen LogP contribution in [-0.2, 0) is 6.42 Å². The molecule has 1 amide bonds. The van der Waals surface area contributed by atoms with Crippen molar-refractivity contribution in [3.8, 4) is 5.75 Å². The maximum absolute atomic E-state index is 12.2. The van der Waals surface area contributed by atoms with E-state index in [1.54, 1.807) is 7.05 Å². The minimum Gasteiger partial charge on any atom is -0.502 e. The lowest BCUT2D eigenvalue weighted by Crippen LogP contribution is -2.43. The average Bonchev–Trinajstić information content (AvgIpc) is 2.48. The van der Waals surface area contributed by atoms with Gasteiger partial charge < -0.3 is 10.0 Å². The standard InChI is InChI=1S/C15H15N3O3/c1-17-9-11(7-10-5-3-2-4-6-10)18-13(15(17)21)14(20)12(19)8-16-18/h2-6,8,11,20H,7,9H2,1H3. The summed E-state index contributed by atoms with van der Waals surface area (Å²) < 4.78 is 1.46. The van der Waals surface area contributed by atoms with Crippen LogP contribution in [0.4, 0.5) is 0 Å². The Bertz CT molecular complexity index is 740. The van der Waals surface area contributed by atoms with Crippen LogP contribution in [0.3, 0.4) is 0 Å². The second-order valence-electron chi connectivity index (χ2n) is 5.18. The first-order valence-corrected chi connectivity index (χ1v) is 6.68. The topological polar surface area (TPSA) is 75.4 Å². The second-order valence-corrected chi connectivity index (χ2v) is 5.18. The molecule has 1 aromatic heterocycles. The number of hydrogen-bond acceptors (Lipinski definition) is 4. The Labute approximate surface area is 121 Å². The van der Waals surface area contributed by atoms with Crippen molar-refractivity contribution in [3.63, 3.8) is 0 Å². The first-order valence-electron chi connectivity index (χ1n) is 6.68. The van der Waals surface area contributed by atoms with Gasteiger partial charge in [-0.2, -0.15) is 5.10 Å². The van der Waals surface area contributed by atoms with Crippen molar-refractivity contribution in [1.29, 1.82) is 0 Å². The van der Waals surface area contributed by atoms with Crippen LogP contribution in [0.1, 0.15) is 22.1 Å². The van der Waals surface area contributed by atoms with Crippen molar-refractivity contribution in [1.82, 2.24) is 14.7 Å². The van der Waals surface area contributed by atoms with Gasteiger partial charge in [-0.1, -0.05) is 30.3 Å². The van der Waals surface area contributed by atoms with Crippen LogP contribution < -0.4 is 5.43 Å². The van der Waals surface area contributed by atoms with Crippen molar-refractivity contribution in [2.75, 3.05) is 13.6 Å². The molecule has 2 aromatic rings. The Morgan fingerprint density at radius 3 is 2.71 bits per heavy atom. The van der Waals surface area contributed by atoms with E-state index < -0.39 is 11.2 Å². The number of hydrogen-bond donors (Lipinski definition) is 1. The van der Waals surface area contributed by atoms with E-state index >= 15 is 0 Å². The molecule has 6 nitrogen and oxygen atoms in total. The zero-order valence-corrected chi connectivity index (χ0v) is 11.6. The molecule has 6 heteroatoms. The molecule has 1 unspecified atom stereocenters. The number of rotatable bonds is 2. The monoisotopic (exact) mass is 285 g/mol. The molecule has 1 N–H and O–H groups in total. The summed E-state index contributed by atoms with van der Waals surface area (Å²) in [6.45, 7) is 0.482. The molecule has 0 aliphatic carbocycles. The van der Waals surface area contributed by atoms with E-state index in [9.17, 15) is 14.7 Å². The second kappa shape index (κ2) is 5.05. The van der Waals surface area contributed by atoms with Gasteiger partial charge in [0, 0.05) is 13.6 Å².